The molecule has 4 atom stereocenters. The van der Waals surface area contributed by atoms with E-state index in [2.05, 4.69) is 19.2 Å². The average molecular weight is 211 g/mol. The van der Waals surface area contributed by atoms with Gasteiger partial charge in [-0.3, -0.25) is 0 Å². The van der Waals surface area contributed by atoms with E-state index in [1.165, 1.54) is 45.2 Å². The fraction of sp³-hybridized carbons (Fsp3) is 1.00. The monoisotopic (exact) mass is 211 g/mol. The summed E-state index contributed by atoms with van der Waals surface area (Å²) in [5.74, 6) is 1.58. The first-order valence-electron chi connectivity index (χ1n) is 6.62. The third kappa shape index (κ3) is 3.18. The minimum Gasteiger partial charge on any atom is -0.375 e. The van der Waals surface area contributed by atoms with Crippen molar-refractivity contribution in [2.24, 2.45) is 11.8 Å². The normalized spacial score (nSPS) is 43.6. The van der Waals surface area contributed by atoms with E-state index >= 15 is 0 Å². The molecule has 0 aliphatic carbocycles. The van der Waals surface area contributed by atoms with Crippen LogP contribution in [0.4, 0.5) is 0 Å². The molecule has 88 valence electrons. The molecule has 1 N–H and O–H groups in total. The fourth-order valence-electron chi connectivity index (χ4n) is 3.04. The molecule has 2 heteroatoms. The first-order valence-corrected chi connectivity index (χ1v) is 6.62. The molecule has 15 heavy (non-hydrogen) atoms. The van der Waals surface area contributed by atoms with Crippen molar-refractivity contribution in [2.45, 2.75) is 58.2 Å². The van der Waals surface area contributed by atoms with Crippen LogP contribution in [0.2, 0.25) is 0 Å². The zero-order chi connectivity index (χ0) is 10.7. The van der Waals surface area contributed by atoms with Gasteiger partial charge in [-0.1, -0.05) is 19.8 Å². The molecule has 2 aliphatic rings. The van der Waals surface area contributed by atoms with Gasteiger partial charge in [0.1, 0.15) is 0 Å². The summed E-state index contributed by atoms with van der Waals surface area (Å²) in [5, 5.41) is 3.54. The van der Waals surface area contributed by atoms with Gasteiger partial charge in [0, 0.05) is 6.54 Å². The summed E-state index contributed by atoms with van der Waals surface area (Å²) < 4.78 is 6.16. The Morgan fingerprint density at radius 1 is 1.07 bits per heavy atom. The molecule has 4 unspecified atom stereocenters. The Labute approximate surface area is 93.8 Å². The van der Waals surface area contributed by atoms with E-state index < -0.39 is 0 Å². The lowest BCUT2D eigenvalue weighted by Gasteiger charge is -2.34. The molecule has 0 spiro atoms. The van der Waals surface area contributed by atoms with E-state index in [9.17, 15) is 0 Å². The Morgan fingerprint density at radius 3 is 2.67 bits per heavy atom. The Morgan fingerprint density at radius 2 is 1.87 bits per heavy atom. The Balaban J connectivity index is 1.89. The van der Waals surface area contributed by atoms with Gasteiger partial charge in [0.25, 0.3) is 0 Å². The molecule has 2 nitrogen and oxygen atoms in total. The molecule has 0 aromatic heterocycles. The maximum atomic E-state index is 6.16. The van der Waals surface area contributed by atoms with Crippen molar-refractivity contribution < 1.29 is 4.74 Å². The molecule has 0 amide bonds. The van der Waals surface area contributed by atoms with Crippen LogP contribution in [0.3, 0.4) is 0 Å². The highest BCUT2D eigenvalue weighted by Gasteiger charge is 2.29. The maximum Gasteiger partial charge on any atom is 0.0619 e. The van der Waals surface area contributed by atoms with E-state index in [0.29, 0.717) is 12.2 Å². The third-order valence-corrected chi connectivity index (χ3v) is 3.89. The standard InChI is InChI=1S/C13H25NO/c1-10-7-12(9-14-8-10)13-6-4-3-5-11(2)15-13/h10-14H,3-9H2,1-2H3. The second-order valence-electron chi connectivity index (χ2n) is 5.53. The van der Waals surface area contributed by atoms with E-state index in [-0.39, 0.29) is 0 Å². The topological polar surface area (TPSA) is 21.3 Å². The molecule has 0 saturated carbocycles. The number of nitrogens with one attached hydrogen (secondary N) is 1. The Kier molecular flexibility index (Phi) is 4.04. The summed E-state index contributed by atoms with van der Waals surface area (Å²) in [6.45, 7) is 6.94. The van der Waals surface area contributed by atoms with Crippen LogP contribution in [0.5, 0.6) is 0 Å². The van der Waals surface area contributed by atoms with E-state index in [1.807, 2.05) is 0 Å². The predicted octanol–water partition coefficient (Wildman–Crippen LogP) is 2.58. The minimum absolute atomic E-state index is 0.481. The van der Waals surface area contributed by atoms with Crippen LogP contribution in [0.15, 0.2) is 0 Å². The van der Waals surface area contributed by atoms with Crippen LogP contribution < -0.4 is 5.32 Å². The number of piperidine rings is 1. The molecular weight excluding hydrogens is 186 g/mol. The highest BCUT2D eigenvalue weighted by Crippen LogP contribution is 2.28. The van der Waals surface area contributed by atoms with Crippen LogP contribution in [-0.2, 0) is 4.74 Å². The van der Waals surface area contributed by atoms with Crippen molar-refractivity contribution >= 4 is 0 Å². The average Bonchev–Trinajstić information content (AvgIpc) is 2.43. The summed E-state index contributed by atoms with van der Waals surface area (Å²) in [4.78, 5) is 0. The highest BCUT2D eigenvalue weighted by atomic mass is 16.5. The summed E-state index contributed by atoms with van der Waals surface area (Å²) in [7, 11) is 0. The molecule has 2 fully saturated rings. The van der Waals surface area contributed by atoms with Crippen LogP contribution in [0, 0.1) is 11.8 Å². The van der Waals surface area contributed by atoms with Gasteiger partial charge < -0.3 is 10.1 Å². The molecule has 2 heterocycles. The molecule has 0 bridgehead atoms. The summed E-state index contributed by atoms with van der Waals surface area (Å²) >= 11 is 0. The number of ether oxygens (including phenoxy) is 1. The van der Waals surface area contributed by atoms with Gasteiger partial charge >= 0.3 is 0 Å². The molecular formula is C13H25NO. The Bertz CT molecular complexity index is 195. The smallest absolute Gasteiger partial charge is 0.0619 e. The third-order valence-electron chi connectivity index (χ3n) is 3.89. The van der Waals surface area contributed by atoms with E-state index in [0.717, 1.165) is 11.8 Å². The molecule has 0 aromatic rings. The largest absolute Gasteiger partial charge is 0.375 e. The second-order valence-corrected chi connectivity index (χ2v) is 5.53. The van der Waals surface area contributed by atoms with Crippen molar-refractivity contribution in [3.05, 3.63) is 0 Å². The molecule has 0 radical (unpaired) electrons. The van der Waals surface area contributed by atoms with Crippen LogP contribution in [-0.4, -0.2) is 25.3 Å². The van der Waals surface area contributed by atoms with Crippen LogP contribution in [0.25, 0.3) is 0 Å². The molecule has 2 aliphatic heterocycles. The quantitative estimate of drug-likeness (QED) is 0.720. The van der Waals surface area contributed by atoms with Crippen LogP contribution >= 0.6 is 0 Å². The summed E-state index contributed by atoms with van der Waals surface area (Å²) in [6, 6.07) is 0. The first-order chi connectivity index (χ1) is 7.25. The molecule has 0 aromatic carbocycles. The lowest BCUT2D eigenvalue weighted by Crippen LogP contribution is -2.42. The van der Waals surface area contributed by atoms with E-state index in [1.54, 1.807) is 0 Å². The fourth-order valence-corrected chi connectivity index (χ4v) is 3.04. The lowest BCUT2D eigenvalue weighted by molar-refractivity contribution is -0.0398. The molecule has 2 saturated heterocycles. The lowest BCUT2D eigenvalue weighted by atomic mass is 9.86. The van der Waals surface area contributed by atoms with Crippen molar-refractivity contribution in [1.29, 1.82) is 0 Å². The molecule has 2 rings (SSSR count). The number of rotatable bonds is 1. The highest BCUT2D eigenvalue weighted by molar-refractivity contribution is 4.81. The van der Waals surface area contributed by atoms with Gasteiger partial charge in [-0.25, -0.2) is 0 Å². The maximum absolute atomic E-state index is 6.16. The second kappa shape index (κ2) is 5.31. The van der Waals surface area contributed by atoms with Crippen LogP contribution in [0.1, 0.15) is 46.0 Å². The van der Waals surface area contributed by atoms with Gasteiger partial charge in [0.2, 0.25) is 0 Å². The summed E-state index contributed by atoms with van der Waals surface area (Å²) in [6.07, 6.45) is 7.61. The van der Waals surface area contributed by atoms with Gasteiger partial charge in [-0.05, 0) is 44.6 Å². The first kappa shape index (κ1) is 11.4. The van der Waals surface area contributed by atoms with Crippen molar-refractivity contribution in [3.63, 3.8) is 0 Å². The van der Waals surface area contributed by atoms with Gasteiger partial charge in [-0.15, -0.1) is 0 Å². The van der Waals surface area contributed by atoms with E-state index in [4.69, 9.17) is 4.74 Å². The van der Waals surface area contributed by atoms with Gasteiger partial charge in [0.15, 0.2) is 0 Å². The van der Waals surface area contributed by atoms with Gasteiger partial charge in [-0.2, -0.15) is 0 Å². The van der Waals surface area contributed by atoms with Crippen molar-refractivity contribution in [3.8, 4) is 0 Å². The van der Waals surface area contributed by atoms with Gasteiger partial charge in [0.05, 0.1) is 12.2 Å². The van der Waals surface area contributed by atoms with Crippen molar-refractivity contribution in [2.75, 3.05) is 13.1 Å². The Hall–Kier alpha value is -0.0800. The minimum atomic E-state index is 0.481. The SMILES string of the molecule is CC1CNCC(C2CCCCC(C)O2)C1. The zero-order valence-corrected chi connectivity index (χ0v) is 10.2. The number of hydrogen-bond acceptors (Lipinski definition) is 2. The van der Waals surface area contributed by atoms with Crippen molar-refractivity contribution in [1.82, 2.24) is 5.32 Å². The zero-order valence-electron chi connectivity index (χ0n) is 10.2. The summed E-state index contributed by atoms with van der Waals surface area (Å²) in [5.41, 5.74) is 0. The number of hydrogen-bond donors (Lipinski definition) is 1. The predicted molar refractivity (Wildman–Crippen MR) is 62.9 cm³/mol.